The SMILES string of the molecule is Cc1cc(C)c(OC(=O)CCCCCO[N+](=O)[O-])c(C)c1NC(=O)c1sccc1S(=O)(=O)Nc1onc(C)c1Cl. The van der Waals surface area contributed by atoms with Crippen molar-refractivity contribution >= 4 is 56.4 Å². The second-order valence-electron chi connectivity index (χ2n) is 8.77. The highest BCUT2D eigenvalue weighted by atomic mass is 35.5. The summed E-state index contributed by atoms with van der Waals surface area (Å²) in [6.45, 7) is 6.70. The Labute approximate surface area is 238 Å². The second kappa shape index (κ2) is 13.1. The molecule has 13 nitrogen and oxygen atoms in total. The third-order valence-electron chi connectivity index (χ3n) is 5.72. The van der Waals surface area contributed by atoms with Crippen LogP contribution in [0.15, 0.2) is 26.9 Å². The Balaban J connectivity index is 1.73. The van der Waals surface area contributed by atoms with Crippen LogP contribution >= 0.6 is 22.9 Å². The van der Waals surface area contributed by atoms with E-state index in [9.17, 15) is 28.1 Å². The summed E-state index contributed by atoms with van der Waals surface area (Å²) in [5.74, 6) is -1.17. The second-order valence-corrected chi connectivity index (χ2v) is 11.7. The van der Waals surface area contributed by atoms with E-state index in [-0.39, 0.29) is 39.5 Å². The molecule has 0 aliphatic carbocycles. The van der Waals surface area contributed by atoms with E-state index in [1.807, 2.05) is 0 Å². The minimum atomic E-state index is -4.25. The molecule has 0 aliphatic rings. The number of sulfonamides is 1. The lowest BCUT2D eigenvalue weighted by molar-refractivity contribution is -0.757. The van der Waals surface area contributed by atoms with Crippen molar-refractivity contribution < 1.29 is 37.2 Å². The zero-order valence-corrected chi connectivity index (χ0v) is 24.4. The maximum Gasteiger partial charge on any atom is 0.311 e. The van der Waals surface area contributed by atoms with Crippen LogP contribution in [-0.4, -0.2) is 37.1 Å². The molecule has 216 valence electrons. The number of carbonyl (C=O) groups is 2. The molecular formula is C24H27ClN4O9S2. The third-order valence-corrected chi connectivity index (χ3v) is 8.58. The van der Waals surface area contributed by atoms with Crippen molar-refractivity contribution in [2.75, 3.05) is 16.6 Å². The number of benzene rings is 1. The van der Waals surface area contributed by atoms with Crippen LogP contribution in [0.4, 0.5) is 11.6 Å². The Kier molecular flexibility index (Phi) is 10.1. The van der Waals surface area contributed by atoms with Gasteiger partial charge in [0.1, 0.15) is 26.2 Å². The fourth-order valence-corrected chi connectivity index (χ4v) is 6.30. The highest BCUT2D eigenvalue weighted by molar-refractivity contribution is 7.93. The van der Waals surface area contributed by atoms with Crippen LogP contribution in [0.5, 0.6) is 5.75 Å². The minimum absolute atomic E-state index is 0.00152. The number of nitrogens with one attached hydrogen (secondary N) is 2. The largest absolute Gasteiger partial charge is 0.426 e. The standard InChI is InChI=1S/C24H27ClN4O9S2/c1-13-12-14(2)21(37-18(30)8-6-5-7-10-36-29(32)33)15(3)20(13)26-23(31)22-17(9-11-39-22)40(34,35)28-24-19(25)16(4)27-38-24/h9,11-12,28H,5-8,10H2,1-4H3,(H,26,31). The van der Waals surface area contributed by atoms with Crippen molar-refractivity contribution in [1.29, 1.82) is 0 Å². The Morgan fingerprint density at radius 2 is 1.90 bits per heavy atom. The van der Waals surface area contributed by atoms with Crippen LogP contribution in [-0.2, 0) is 19.7 Å². The molecule has 1 aromatic carbocycles. The molecule has 0 radical (unpaired) electrons. The number of unbranched alkanes of at least 4 members (excludes halogenated alkanes) is 2. The molecule has 2 N–H and O–H groups in total. The maximum absolute atomic E-state index is 13.2. The lowest BCUT2D eigenvalue weighted by atomic mass is 10.0. The van der Waals surface area contributed by atoms with E-state index in [2.05, 4.69) is 20.0 Å². The highest BCUT2D eigenvalue weighted by Crippen LogP contribution is 2.35. The number of esters is 1. The van der Waals surface area contributed by atoms with Gasteiger partial charge in [-0.1, -0.05) is 29.2 Å². The van der Waals surface area contributed by atoms with Crippen molar-refractivity contribution in [2.24, 2.45) is 0 Å². The minimum Gasteiger partial charge on any atom is -0.426 e. The van der Waals surface area contributed by atoms with Crippen LogP contribution in [0.3, 0.4) is 0 Å². The molecule has 2 heterocycles. The summed E-state index contributed by atoms with van der Waals surface area (Å²) in [5, 5.41) is 17.1. The summed E-state index contributed by atoms with van der Waals surface area (Å²) in [7, 11) is -4.25. The summed E-state index contributed by atoms with van der Waals surface area (Å²) in [4.78, 5) is 39.7. The number of nitrogens with zero attached hydrogens (tertiary/aromatic N) is 2. The number of anilines is 2. The summed E-state index contributed by atoms with van der Waals surface area (Å²) in [5.41, 5.74) is 2.50. The number of hydrogen-bond acceptors (Lipinski definition) is 11. The Morgan fingerprint density at radius 3 is 2.55 bits per heavy atom. The number of thiophene rings is 1. The van der Waals surface area contributed by atoms with E-state index in [0.717, 1.165) is 11.3 Å². The number of carbonyl (C=O) groups excluding carboxylic acids is 2. The molecule has 2 aromatic heterocycles. The lowest BCUT2D eigenvalue weighted by Crippen LogP contribution is -2.19. The molecule has 1 amide bonds. The van der Waals surface area contributed by atoms with Crippen molar-refractivity contribution in [2.45, 2.75) is 58.3 Å². The predicted molar refractivity (Wildman–Crippen MR) is 147 cm³/mol. The number of ether oxygens (including phenoxy) is 1. The zero-order chi connectivity index (χ0) is 29.6. The number of aryl methyl sites for hydroxylation is 3. The van der Waals surface area contributed by atoms with Gasteiger partial charge in [0.15, 0.2) is 0 Å². The summed E-state index contributed by atoms with van der Waals surface area (Å²) in [6, 6.07) is 3.02. The van der Waals surface area contributed by atoms with Gasteiger partial charge >= 0.3 is 5.97 Å². The Morgan fingerprint density at radius 1 is 1.18 bits per heavy atom. The fraction of sp³-hybridized carbons (Fsp3) is 0.375. The molecule has 0 spiro atoms. The van der Waals surface area contributed by atoms with Gasteiger partial charge < -0.3 is 19.4 Å². The summed E-state index contributed by atoms with van der Waals surface area (Å²) >= 11 is 6.95. The smallest absolute Gasteiger partial charge is 0.311 e. The van der Waals surface area contributed by atoms with E-state index < -0.39 is 27.0 Å². The van der Waals surface area contributed by atoms with Gasteiger partial charge in [-0.15, -0.1) is 21.5 Å². The van der Waals surface area contributed by atoms with E-state index in [4.69, 9.17) is 20.9 Å². The first-order valence-corrected chi connectivity index (χ1v) is 14.7. The lowest BCUT2D eigenvalue weighted by Gasteiger charge is -2.18. The van der Waals surface area contributed by atoms with Gasteiger partial charge in [-0.05, 0) is 63.1 Å². The molecule has 0 saturated heterocycles. The number of hydrogen-bond donors (Lipinski definition) is 2. The Bertz CT molecular complexity index is 1530. The third kappa shape index (κ3) is 7.49. The van der Waals surface area contributed by atoms with Crippen LogP contribution in [0, 0.1) is 37.8 Å². The molecule has 40 heavy (non-hydrogen) atoms. The number of rotatable bonds is 13. The van der Waals surface area contributed by atoms with Gasteiger partial charge in [0.2, 0.25) is 0 Å². The van der Waals surface area contributed by atoms with Gasteiger partial charge in [0.05, 0.1) is 12.3 Å². The van der Waals surface area contributed by atoms with Crippen LogP contribution in [0.1, 0.15) is 57.7 Å². The van der Waals surface area contributed by atoms with Crippen LogP contribution in [0.25, 0.3) is 0 Å². The van der Waals surface area contributed by atoms with Crippen molar-refractivity contribution in [1.82, 2.24) is 5.16 Å². The van der Waals surface area contributed by atoms with Crippen molar-refractivity contribution in [3.05, 3.63) is 59.9 Å². The molecule has 3 rings (SSSR count). The maximum atomic E-state index is 13.2. The normalized spacial score (nSPS) is 11.2. The molecular weight excluding hydrogens is 588 g/mol. The van der Waals surface area contributed by atoms with Crippen molar-refractivity contribution in [3.63, 3.8) is 0 Å². The Hall–Kier alpha value is -3.69. The average molecular weight is 615 g/mol. The molecule has 3 aromatic rings. The summed E-state index contributed by atoms with van der Waals surface area (Å²) < 4.78 is 38.7. The monoisotopic (exact) mass is 614 g/mol. The molecule has 0 bridgehead atoms. The van der Waals surface area contributed by atoms with E-state index in [1.54, 1.807) is 33.8 Å². The molecule has 0 saturated carbocycles. The summed E-state index contributed by atoms with van der Waals surface area (Å²) in [6.07, 6.45) is 1.51. The fourth-order valence-electron chi connectivity index (χ4n) is 3.81. The number of aromatic nitrogens is 1. The quantitative estimate of drug-likeness (QED) is 0.0837. The highest BCUT2D eigenvalue weighted by Gasteiger charge is 2.28. The first-order chi connectivity index (χ1) is 18.8. The topological polar surface area (TPSA) is 180 Å². The molecule has 0 aliphatic heterocycles. The first-order valence-electron chi connectivity index (χ1n) is 11.9. The van der Waals surface area contributed by atoms with Crippen LogP contribution < -0.4 is 14.8 Å². The van der Waals surface area contributed by atoms with Gasteiger partial charge in [0, 0.05) is 12.0 Å². The number of amides is 1. The van der Waals surface area contributed by atoms with Gasteiger partial charge in [-0.25, -0.2) is 13.1 Å². The zero-order valence-electron chi connectivity index (χ0n) is 22.0. The van der Waals surface area contributed by atoms with Crippen molar-refractivity contribution in [3.8, 4) is 5.75 Å². The molecule has 0 atom stereocenters. The van der Waals surface area contributed by atoms with E-state index >= 15 is 0 Å². The average Bonchev–Trinajstić information content (AvgIpc) is 3.50. The van der Waals surface area contributed by atoms with E-state index in [0.29, 0.717) is 47.3 Å². The predicted octanol–water partition coefficient (Wildman–Crippen LogP) is 5.35. The van der Waals surface area contributed by atoms with Gasteiger partial charge in [-0.2, -0.15) is 0 Å². The molecule has 0 fully saturated rings. The molecule has 0 unspecified atom stereocenters. The molecule has 16 heteroatoms. The van der Waals surface area contributed by atoms with E-state index in [1.165, 1.54) is 11.4 Å². The van der Waals surface area contributed by atoms with Crippen LogP contribution in [0.2, 0.25) is 5.02 Å². The van der Waals surface area contributed by atoms with Gasteiger partial charge in [0.25, 0.3) is 26.9 Å². The van der Waals surface area contributed by atoms with Gasteiger partial charge in [-0.3, -0.25) is 9.59 Å². The first kappa shape index (κ1) is 30.8. The number of halogens is 1.